The van der Waals surface area contributed by atoms with Gasteiger partial charge >= 0.3 is 0 Å². The molecule has 0 aliphatic rings. The van der Waals surface area contributed by atoms with Gasteiger partial charge in [0.05, 0.1) is 7.11 Å². The molecule has 1 amide bonds. The molecule has 0 bridgehead atoms. The second-order valence-electron chi connectivity index (χ2n) is 4.14. The average molecular weight is 293 g/mol. The molecule has 0 spiro atoms. The number of methoxy groups -OCH3 is 1. The van der Waals surface area contributed by atoms with Crippen molar-refractivity contribution >= 4 is 11.6 Å². The van der Waals surface area contributed by atoms with Crippen molar-refractivity contribution in [3.8, 4) is 11.5 Å². The van der Waals surface area contributed by atoms with Gasteiger partial charge in [0.15, 0.2) is 18.2 Å². The number of rotatable bonds is 5. The Labute approximate surface area is 120 Å². The fourth-order valence-electron chi connectivity index (χ4n) is 1.59. The number of nitrogens with one attached hydrogen (secondary N) is 1. The first-order valence-electron chi connectivity index (χ1n) is 6.10. The van der Waals surface area contributed by atoms with E-state index in [0.717, 1.165) is 12.1 Å². The molecule has 2 rings (SSSR count). The van der Waals surface area contributed by atoms with Crippen LogP contribution in [0.25, 0.3) is 0 Å². The number of hydrogen-bond acceptors (Lipinski definition) is 3. The molecule has 0 unspecified atom stereocenters. The van der Waals surface area contributed by atoms with Crippen LogP contribution in [0.3, 0.4) is 0 Å². The molecule has 0 radical (unpaired) electrons. The maximum Gasteiger partial charge on any atom is 0.262 e. The Balaban J connectivity index is 1.87. The van der Waals surface area contributed by atoms with Gasteiger partial charge in [0.2, 0.25) is 0 Å². The fraction of sp³-hybridized carbons (Fsp3) is 0.133. The van der Waals surface area contributed by atoms with Crippen molar-refractivity contribution < 1.29 is 23.0 Å². The molecule has 0 aliphatic carbocycles. The van der Waals surface area contributed by atoms with E-state index in [2.05, 4.69) is 5.32 Å². The number of ether oxygens (including phenoxy) is 2. The van der Waals surface area contributed by atoms with Crippen molar-refractivity contribution in [1.82, 2.24) is 0 Å². The molecule has 2 aromatic carbocycles. The maximum atomic E-state index is 13.0. The summed E-state index contributed by atoms with van der Waals surface area (Å²) in [6.07, 6.45) is 0. The highest BCUT2D eigenvalue weighted by molar-refractivity contribution is 5.91. The predicted octanol–water partition coefficient (Wildman–Crippen LogP) is 2.99. The zero-order valence-electron chi connectivity index (χ0n) is 11.2. The highest BCUT2D eigenvalue weighted by Gasteiger charge is 2.07. The van der Waals surface area contributed by atoms with Gasteiger partial charge in [-0.25, -0.2) is 8.78 Å². The summed E-state index contributed by atoms with van der Waals surface area (Å²) in [6, 6.07) is 9.82. The first kappa shape index (κ1) is 14.8. The van der Waals surface area contributed by atoms with Crippen LogP contribution in [0.5, 0.6) is 11.5 Å². The largest absolute Gasteiger partial charge is 0.497 e. The zero-order chi connectivity index (χ0) is 15.2. The molecule has 6 heteroatoms. The second kappa shape index (κ2) is 6.69. The van der Waals surface area contributed by atoms with Crippen molar-refractivity contribution in [2.75, 3.05) is 19.0 Å². The van der Waals surface area contributed by atoms with Crippen LogP contribution < -0.4 is 14.8 Å². The number of anilines is 1. The Hall–Kier alpha value is -2.63. The highest BCUT2D eigenvalue weighted by atomic mass is 19.2. The summed E-state index contributed by atoms with van der Waals surface area (Å²) in [5.41, 5.74) is 0.164. The minimum Gasteiger partial charge on any atom is -0.497 e. The molecule has 0 heterocycles. The predicted molar refractivity (Wildman–Crippen MR) is 73.5 cm³/mol. The number of halogens is 2. The van der Waals surface area contributed by atoms with Crippen LogP contribution in [-0.4, -0.2) is 19.6 Å². The SMILES string of the molecule is COc1ccc(OCC(=O)Nc2ccc(F)c(F)c2)cc1. The van der Waals surface area contributed by atoms with Crippen LogP contribution >= 0.6 is 0 Å². The molecule has 0 aliphatic heterocycles. The van der Waals surface area contributed by atoms with Gasteiger partial charge in [-0.05, 0) is 36.4 Å². The van der Waals surface area contributed by atoms with E-state index in [4.69, 9.17) is 9.47 Å². The van der Waals surface area contributed by atoms with Crippen molar-refractivity contribution in [3.05, 3.63) is 54.1 Å². The molecule has 110 valence electrons. The zero-order valence-corrected chi connectivity index (χ0v) is 11.2. The normalized spacial score (nSPS) is 10.0. The number of amides is 1. The summed E-state index contributed by atoms with van der Waals surface area (Å²) in [7, 11) is 1.55. The summed E-state index contributed by atoms with van der Waals surface area (Å²) in [4.78, 5) is 11.6. The van der Waals surface area contributed by atoms with Crippen LogP contribution in [0, 0.1) is 11.6 Å². The third-order valence-corrected chi connectivity index (χ3v) is 2.63. The van der Waals surface area contributed by atoms with Gasteiger partial charge in [0, 0.05) is 11.8 Å². The maximum absolute atomic E-state index is 13.0. The summed E-state index contributed by atoms with van der Waals surface area (Å²) < 4.78 is 36.0. The monoisotopic (exact) mass is 293 g/mol. The molecule has 0 saturated carbocycles. The van der Waals surface area contributed by atoms with E-state index in [1.165, 1.54) is 6.07 Å². The second-order valence-corrected chi connectivity index (χ2v) is 4.14. The smallest absolute Gasteiger partial charge is 0.262 e. The molecular formula is C15H13F2NO3. The standard InChI is InChI=1S/C15H13F2NO3/c1-20-11-3-5-12(6-4-11)21-9-15(19)18-10-2-7-13(16)14(17)8-10/h2-8H,9H2,1H3,(H,18,19). The lowest BCUT2D eigenvalue weighted by atomic mass is 10.3. The van der Waals surface area contributed by atoms with Crippen LogP contribution in [0.2, 0.25) is 0 Å². The van der Waals surface area contributed by atoms with E-state index in [1.54, 1.807) is 31.4 Å². The number of carbonyl (C=O) groups is 1. The molecule has 0 aromatic heterocycles. The fourth-order valence-corrected chi connectivity index (χ4v) is 1.59. The van der Waals surface area contributed by atoms with E-state index < -0.39 is 17.5 Å². The summed E-state index contributed by atoms with van der Waals surface area (Å²) >= 11 is 0. The third kappa shape index (κ3) is 4.17. The number of carbonyl (C=O) groups excluding carboxylic acids is 1. The molecule has 4 nitrogen and oxygen atoms in total. The lowest BCUT2D eigenvalue weighted by Gasteiger charge is -2.08. The summed E-state index contributed by atoms with van der Waals surface area (Å²) in [6.45, 7) is -0.245. The first-order chi connectivity index (χ1) is 10.1. The van der Waals surface area contributed by atoms with Crippen LogP contribution in [0.15, 0.2) is 42.5 Å². The number of benzene rings is 2. The van der Waals surface area contributed by atoms with E-state index >= 15 is 0 Å². The van der Waals surface area contributed by atoms with Gasteiger partial charge in [0.25, 0.3) is 5.91 Å². The molecular weight excluding hydrogens is 280 g/mol. The Morgan fingerprint density at radius 1 is 1.05 bits per heavy atom. The van der Waals surface area contributed by atoms with E-state index in [9.17, 15) is 13.6 Å². The van der Waals surface area contributed by atoms with Gasteiger partial charge in [-0.1, -0.05) is 0 Å². The summed E-state index contributed by atoms with van der Waals surface area (Å²) in [5, 5.41) is 2.41. The van der Waals surface area contributed by atoms with E-state index in [1.807, 2.05) is 0 Å². The average Bonchev–Trinajstić information content (AvgIpc) is 2.49. The summed E-state index contributed by atoms with van der Waals surface area (Å²) in [5.74, 6) is -1.30. The van der Waals surface area contributed by atoms with Crippen molar-refractivity contribution in [1.29, 1.82) is 0 Å². The van der Waals surface area contributed by atoms with Gasteiger partial charge in [-0.15, -0.1) is 0 Å². The Bertz CT molecular complexity index is 629. The molecule has 1 N–H and O–H groups in total. The number of hydrogen-bond donors (Lipinski definition) is 1. The first-order valence-corrected chi connectivity index (χ1v) is 6.10. The van der Waals surface area contributed by atoms with Gasteiger partial charge in [-0.2, -0.15) is 0 Å². The Kier molecular flexibility index (Phi) is 4.71. The minimum atomic E-state index is -1.02. The van der Waals surface area contributed by atoms with Crippen molar-refractivity contribution in [2.24, 2.45) is 0 Å². The highest BCUT2D eigenvalue weighted by Crippen LogP contribution is 2.17. The van der Waals surface area contributed by atoms with Crippen molar-refractivity contribution in [2.45, 2.75) is 0 Å². The molecule has 0 fully saturated rings. The molecule has 2 aromatic rings. The van der Waals surface area contributed by atoms with Crippen LogP contribution in [0.1, 0.15) is 0 Å². The minimum absolute atomic E-state index is 0.164. The molecule has 0 atom stereocenters. The van der Waals surface area contributed by atoms with Gasteiger partial charge in [-0.3, -0.25) is 4.79 Å². The Morgan fingerprint density at radius 3 is 2.33 bits per heavy atom. The third-order valence-electron chi connectivity index (χ3n) is 2.63. The Morgan fingerprint density at radius 2 is 1.71 bits per heavy atom. The van der Waals surface area contributed by atoms with E-state index in [0.29, 0.717) is 11.5 Å². The van der Waals surface area contributed by atoms with Gasteiger partial charge < -0.3 is 14.8 Å². The molecule has 0 saturated heterocycles. The van der Waals surface area contributed by atoms with Crippen molar-refractivity contribution in [3.63, 3.8) is 0 Å². The van der Waals surface area contributed by atoms with Crippen LogP contribution in [0.4, 0.5) is 14.5 Å². The lowest BCUT2D eigenvalue weighted by Crippen LogP contribution is -2.20. The van der Waals surface area contributed by atoms with E-state index in [-0.39, 0.29) is 12.3 Å². The molecule has 21 heavy (non-hydrogen) atoms. The topological polar surface area (TPSA) is 47.6 Å². The van der Waals surface area contributed by atoms with Gasteiger partial charge in [0.1, 0.15) is 11.5 Å². The lowest BCUT2D eigenvalue weighted by molar-refractivity contribution is -0.118. The van der Waals surface area contributed by atoms with Crippen LogP contribution in [-0.2, 0) is 4.79 Å². The quantitative estimate of drug-likeness (QED) is 0.922.